The first kappa shape index (κ1) is 18.2. The number of aromatic nitrogens is 2. The van der Waals surface area contributed by atoms with Crippen LogP contribution in [-0.4, -0.2) is 25.1 Å². The molecule has 1 aromatic carbocycles. The number of amides is 2. The highest BCUT2D eigenvalue weighted by atomic mass is 32.2. The largest absolute Gasteiger partial charge is 0.332 e. The number of hydrogen-bond donors (Lipinski definition) is 1. The summed E-state index contributed by atoms with van der Waals surface area (Å²) in [5.74, 6) is -0.432. The fraction of sp³-hybridized carbons (Fsp3) is 0.150. The van der Waals surface area contributed by atoms with Crippen LogP contribution in [0.5, 0.6) is 0 Å². The average molecular weight is 396 g/mol. The summed E-state index contributed by atoms with van der Waals surface area (Å²) in [4.78, 5) is 23.3. The van der Waals surface area contributed by atoms with Gasteiger partial charge in [-0.1, -0.05) is 6.07 Å². The molecule has 0 aliphatic carbocycles. The summed E-state index contributed by atoms with van der Waals surface area (Å²) < 4.78 is 25.8. The van der Waals surface area contributed by atoms with Crippen molar-refractivity contribution in [1.29, 1.82) is 0 Å². The summed E-state index contributed by atoms with van der Waals surface area (Å²) in [5, 5.41) is 2.84. The smallest absolute Gasteiger partial charge is 0.318 e. The first-order valence-corrected chi connectivity index (χ1v) is 9.82. The van der Waals surface area contributed by atoms with Crippen LogP contribution in [0, 0.1) is 5.82 Å². The minimum Gasteiger partial charge on any atom is -0.332 e. The highest BCUT2D eigenvalue weighted by molar-refractivity contribution is 7.85. The summed E-state index contributed by atoms with van der Waals surface area (Å²) in [5.41, 5.74) is 2.80. The number of fused-ring (bicyclic) bond motifs is 1. The number of halogens is 1. The van der Waals surface area contributed by atoms with Gasteiger partial charge >= 0.3 is 6.03 Å². The minimum atomic E-state index is -1.51. The molecule has 6 nitrogen and oxygen atoms in total. The summed E-state index contributed by atoms with van der Waals surface area (Å²) >= 11 is 0. The predicted octanol–water partition coefficient (Wildman–Crippen LogP) is 3.01. The van der Waals surface area contributed by atoms with Gasteiger partial charge in [-0.25, -0.2) is 13.4 Å². The Bertz CT molecular complexity index is 1020. The topological polar surface area (TPSA) is 75.2 Å². The van der Waals surface area contributed by atoms with E-state index < -0.39 is 16.6 Å². The van der Waals surface area contributed by atoms with E-state index in [1.165, 1.54) is 24.4 Å². The monoisotopic (exact) mass is 396 g/mol. The molecular weight excluding hydrogens is 379 g/mol. The zero-order valence-corrected chi connectivity index (χ0v) is 15.7. The molecule has 142 valence electrons. The molecule has 0 saturated carbocycles. The second-order valence-electron chi connectivity index (χ2n) is 6.37. The fourth-order valence-electron chi connectivity index (χ4n) is 2.98. The molecule has 0 bridgehead atoms. The molecule has 1 atom stereocenters. The van der Waals surface area contributed by atoms with E-state index in [0.717, 1.165) is 11.1 Å². The zero-order chi connectivity index (χ0) is 19.5. The van der Waals surface area contributed by atoms with E-state index in [1.54, 1.807) is 35.5 Å². The van der Waals surface area contributed by atoms with Gasteiger partial charge in [0.15, 0.2) is 0 Å². The summed E-state index contributed by atoms with van der Waals surface area (Å²) in [6, 6.07) is 10.8. The number of nitrogens with one attached hydrogen (secondary N) is 1. The molecule has 0 saturated heterocycles. The highest BCUT2D eigenvalue weighted by Gasteiger charge is 2.23. The number of hydrogen-bond acceptors (Lipinski definition) is 4. The molecule has 1 unspecified atom stereocenters. The molecule has 2 amide bonds. The van der Waals surface area contributed by atoms with Crippen molar-refractivity contribution in [3.63, 3.8) is 0 Å². The molecule has 0 radical (unpaired) electrons. The number of rotatable bonds is 4. The van der Waals surface area contributed by atoms with E-state index in [1.807, 2.05) is 6.07 Å². The lowest BCUT2D eigenvalue weighted by Gasteiger charge is -2.16. The van der Waals surface area contributed by atoms with Gasteiger partial charge in [-0.15, -0.1) is 0 Å². The lowest BCUT2D eigenvalue weighted by molar-refractivity contribution is 0.198. The highest BCUT2D eigenvalue weighted by Crippen LogP contribution is 2.21. The van der Waals surface area contributed by atoms with E-state index in [9.17, 15) is 13.4 Å². The standard InChI is InChI=1S/C20H17FN4O2S/c21-16-2-1-3-18(8-16)28(27)19-5-4-17(23-11-19)10-24-20(26)25-12-14-6-7-22-9-15(14)13-25/h1-9,11H,10,12-13H2,(H,24,26). The van der Waals surface area contributed by atoms with Crippen LogP contribution < -0.4 is 5.32 Å². The lowest BCUT2D eigenvalue weighted by Crippen LogP contribution is -2.36. The molecule has 4 rings (SSSR count). The Hall–Kier alpha value is -3.13. The molecule has 1 N–H and O–H groups in total. The third kappa shape index (κ3) is 3.91. The van der Waals surface area contributed by atoms with E-state index in [4.69, 9.17) is 0 Å². The van der Waals surface area contributed by atoms with Crippen molar-refractivity contribution >= 4 is 16.8 Å². The van der Waals surface area contributed by atoms with Crippen LogP contribution in [0.2, 0.25) is 0 Å². The normalized spacial score (nSPS) is 13.8. The van der Waals surface area contributed by atoms with E-state index in [2.05, 4.69) is 15.3 Å². The maximum absolute atomic E-state index is 13.3. The first-order valence-electron chi connectivity index (χ1n) is 8.67. The van der Waals surface area contributed by atoms with Gasteiger partial charge in [0.2, 0.25) is 0 Å². The molecule has 0 spiro atoms. The van der Waals surface area contributed by atoms with Crippen LogP contribution in [0.4, 0.5) is 9.18 Å². The Balaban J connectivity index is 1.35. The van der Waals surface area contributed by atoms with Crippen molar-refractivity contribution in [2.45, 2.75) is 29.4 Å². The Morgan fingerprint density at radius 1 is 1.11 bits per heavy atom. The predicted molar refractivity (Wildman–Crippen MR) is 101 cm³/mol. The molecular formula is C20H17FN4O2S. The maximum Gasteiger partial charge on any atom is 0.318 e. The van der Waals surface area contributed by atoms with Crippen molar-refractivity contribution in [2.75, 3.05) is 0 Å². The van der Waals surface area contributed by atoms with Crippen LogP contribution in [-0.2, 0) is 30.4 Å². The quantitative estimate of drug-likeness (QED) is 0.736. The van der Waals surface area contributed by atoms with Gasteiger partial charge in [0, 0.05) is 36.6 Å². The SMILES string of the molecule is O=C(NCc1ccc(S(=O)c2cccc(F)c2)cn1)N1Cc2ccncc2C1. The van der Waals surface area contributed by atoms with Crippen LogP contribution in [0.1, 0.15) is 16.8 Å². The van der Waals surface area contributed by atoms with Gasteiger partial charge in [-0.05, 0) is 47.5 Å². The molecule has 28 heavy (non-hydrogen) atoms. The number of carbonyl (C=O) groups excluding carboxylic acids is 1. The zero-order valence-electron chi connectivity index (χ0n) is 14.8. The van der Waals surface area contributed by atoms with Crippen LogP contribution in [0.15, 0.2) is 70.8 Å². The summed E-state index contributed by atoms with van der Waals surface area (Å²) in [6.07, 6.45) is 4.99. The number of nitrogens with zero attached hydrogens (tertiary/aromatic N) is 3. The number of pyridine rings is 2. The molecule has 1 aliphatic rings. The molecule has 3 aromatic rings. The third-order valence-corrected chi connectivity index (χ3v) is 5.81. The van der Waals surface area contributed by atoms with Gasteiger partial charge in [0.25, 0.3) is 0 Å². The Morgan fingerprint density at radius 2 is 1.96 bits per heavy atom. The van der Waals surface area contributed by atoms with E-state index in [-0.39, 0.29) is 12.6 Å². The van der Waals surface area contributed by atoms with Crippen molar-refractivity contribution < 1.29 is 13.4 Å². The van der Waals surface area contributed by atoms with Gasteiger partial charge in [0.1, 0.15) is 5.82 Å². The van der Waals surface area contributed by atoms with Crippen LogP contribution >= 0.6 is 0 Å². The molecule has 8 heteroatoms. The second-order valence-corrected chi connectivity index (χ2v) is 7.85. The molecule has 2 aromatic heterocycles. The third-order valence-electron chi connectivity index (χ3n) is 4.46. The maximum atomic E-state index is 13.3. The van der Waals surface area contributed by atoms with Crippen LogP contribution in [0.3, 0.4) is 0 Å². The van der Waals surface area contributed by atoms with Gasteiger partial charge in [0.05, 0.1) is 27.9 Å². The van der Waals surface area contributed by atoms with Crippen molar-refractivity contribution in [3.8, 4) is 0 Å². The van der Waals surface area contributed by atoms with E-state index >= 15 is 0 Å². The second kappa shape index (κ2) is 7.85. The molecule has 1 aliphatic heterocycles. The number of carbonyl (C=O) groups is 1. The average Bonchev–Trinajstić information content (AvgIpc) is 3.16. The summed E-state index contributed by atoms with van der Waals surface area (Å²) in [7, 11) is -1.51. The number of urea groups is 1. The minimum absolute atomic E-state index is 0.176. The van der Waals surface area contributed by atoms with Gasteiger partial charge in [-0.2, -0.15) is 0 Å². The first-order chi connectivity index (χ1) is 13.6. The summed E-state index contributed by atoms with van der Waals surface area (Å²) in [6.45, 7) is 1.35. The molecule has 3 heterocycles. The molecule has 0 fully saturated rings. The Kier molecular flexibility index (Phi) is 5.12. The number of benzene rings is 1. The van der Waals surface area contributed by atoms with Crippen molar-refractivity contribution in [2.24, 2.45) is 0 Å². The van der Waals surface area contributed by atoms with Gasteiger partial charge < -0.3 is 10.2 Å². The van der Waals surface area contributed by atoms with Crippen molar-refractivity contribution in [3.05, 3.63) is 83.7 Å². The Morgan fingerprint density at radius 3 is 2.71 bits per heavy atom. The van der Waals surface area contributed by atoms with Gasteiger partial charge in [-0.3, -0.25) is 9.97 Å². The Labute approximate surface area is 163 Å². The van der Waals surface area contributed by atoms with Crippen molar-refractivity contribution in [1.82, 2.24) is 20.2 Å². The van der Waals surface area contributed by atoms with Crippen LogP contribution in [0.25, 0.3) is 0 Å². The fourth-order valence-corrected chi connectivity index (χ4v) is 4.02. The van der Waals surface area contributed by atoms with E-state index in [0.29, 0.717) is 28.6 Å². The lowest BCUT2D eigenvalue weighted by atomic mass is 10.2.